The van der Waals surface area contributed by atoms with Crippen molar-refractivity contribution in [2.24, 2.45) is 0 Å². The van der Waals surface area contributed by atoms with Gasteiger partial charge in [-0.25, -0.2) is 4.39 Å². The molecule has 37 heavy (non-hydrogen) atoms. The number of rotatable bonds is 5. The summed E-state index contributed by atoms with van der Waals surface area (Å²) in [5.41, 5.74) is 6.79. The number of nitrogens with zero attached hydrogens (tertiary/aromatic N) is 3. The maximum atomic E-state index is 13.8. The summed E-state index contributed by atoms with van der Waals surface area (Å²) >= 11 is 0. The predicted octanol–water partition coefficient (Wildman–Crippen LogP) is 6.38. The molecular formula is C31H28FN3O2. The molecule has 0 bridgehead atoms. The van der Waals surface area contributed by atoms with Crippen molar-refractivity contribution in [2.75, 3.05) is 13.1 Å². The molecule has 0 spiro atoms. The van der Waals surface area contributed by atoms with Crippen LogP contribution in [0.4, 0.5) is 4.39 Å². The van der Waals surface area contributed by atoms with E-state index >= 15 is 0 Å². The normalized spacial score (nSPS) is 19.4. The van der Waals surface area contributed by atoms with E-state index in [0.29, 0.717) is 17.7 Å². The highest BCUT2D eigenvalue weighted by atomic mass is 19.1. The van der Waals surface area contributed by atoms with Crippen LogP contribution in [0, 0.1) is 5.82 Å². The summed E-state index contributed by atoms with van der Waals surface area (Å²) in [4.78, 5) is 18.0. The Morgan fingerprint density at radius 1 is 0.973 bits per heavy atom. The lowest BCUT2D eigenvalue weighted by Gasteiger charge is -2.29. The Hall–Kier alpha value is -4.03. The van der Waals surface area contributed by atoms with E-state index in [9.17, 15) is 9.18 Å². The number of ether oxygens (including phenoxy) is 1. The molecule has 0 saturated carbocycles. The summed E-state index contributed by atoms with van der Waals surface area (Å²) in [5.74, 6) is 0.471. The van der Waals surface area contributed by atoms with Crippen molar-refractivity contribution in [3.8, 4) is 28.1 Å². The van der Waals surface area contributed by atoms with E-state index in [1.54, 1.807) is 12.4 Å². The van der Waals surface area contributed by atoms with Crippen LogP contribution in [0.1, 0.15) is 31.2 Å². The first kappa shape index (κ1) is 23.4. The van der Waals surface area contributed by atoms with Crippen LogP contribution >= 0.6 is 0 Å². The van der Waals surface area contributed by atoms with Gasteiger partial charge in [0.05, 0.1) is 5.69 Å². The third kappa shape index (κ3) is 4.72. The molecular weight excluding hydrogens is 465 g/mol. The molecule has 4 heterocycles. The number of esters is 1. The number of halogens is 1. The molecule has 186 valence electrons. The molecule has 4 aromatic rings. The fourth-order valence-electron chi connectivity index (χ4n) is 5.68. The second-order valence-corrected chi connectivity index (χ2v) is 9.76. The zero-order chi connectivity index (χ0) is 25.4. The van der Waals surface area contributed by atoms with E-state index < -0.39 is 0 Å². The Morgan fingerprint density at radius 2 is 1.73 bits per heavy atom. The first-order valence-corrected chi connectivity index (χ1v) is 12.7. The maximum absolute atomic E-state index is 13.8. The SMILES string of the molecule is CC(=O)Oc1ccc(C2CC3C=C(n4ccc(-c5ccncc5)c4-c4ccc(F)cc4)CCN3C2)cc1. The molecule has 0 radical (unpaired) electrons. The predicted molar refractivity (Wildman–Crippen MR) is 142 cm³/mol. The maximum Gasteiger partial charge on any atom is 0.308 e. The number of carbonyl (C=O) groups excluding carboxylic acids is 1. The molecule has 0 N–H and O–H groups in total. The molecule has 2 aliphatic rings. The number of pyridine rings is 1. The first-order chi connectivity index (χ1) is 18.0. The third-order valence-corrected chi connectivity index (χ3v) is 7.41. The number of aromatic nitrogens is 2. The lowest BCUT2D eigenvalue weighted by molar-refractivity contribution is -0.131. The average Bonchev–Trinajstić information content (AvgIpc) is 3.54. The van der Waals surface area contributed by atoms with Gasteiger partial charge in [0, 0.05) is 62.3 Å². The minimum absolute atomic E-state index is 0.238. The van der Waals surface area contributed by atoms with Crippen LogP contribution in [0.15, 0.2) is 91.4 Å². The third-order valence-electron chi connectivity index (χ3n) is 7.41. The second kappa shape index (κ2) is 9.79. The average molecular weight is 494 g/mol. The molecule has 0 aliphatic carbocycles. The zero-order valence-corrected chi connectivity index (χ0v) is 20.7. The van der Waals surface area contributed by atoms with E-state index in [4.69, 9.17) is 4.74 Å². The van der Waals surface area contributed by atoms with Gasteiger partial charge in [0.25, 0.3) is 0 Å². The molecule has 2 unspecified atom stereocenters. The monoisotopic (exact) mass is 493 g/mol. The van der Waals surface area contributed by atoms with Gasteiger partial charge in [-0.05, 0) is 89.7 Å². The van der Waals surface area contributed by atoms with Crippen LogP contribution in [0.2, 0.25) is 0 Å². The van der Waals surface area contributed by atoms with Gasteiger partial charge in [-0.15, -0.1) is 0 Å². The van der Waals surface area contributed by atoms with Crippen LogP contribution in [-0.4, -0.2) is 39.6 Å². The van der Waals surface area contributed by atoms with E-state index in [1.165, 1.54) is 30.3 Å². The van der Waals surface area contributed by atoms with Crippen molar-refractivity contribution < 1.29 is 13.9 Å². The molecule has 2 atom stereocenters. The number of hydrogen-bond donors (Lipinski definition) is 0. The van der Waals surface area contributed by atoms with Gasteiger partial charge < -0.3 is 9.30 Å². The van der Waals surface area contributed by atoms with Crippen molar-refractivity contribution >= 4 is 11.7 Å². The van der Waals surface area contributed by atoms with Gasteiger partial charge in [-0.3, -0.25) is 14.7 Å². The first-order valence-electron chi connectivity index (χ1n) is 12.7. The van der Waals surface area contributed by atoms with E-state index in [2.05, 4.69) is 44.9 Å². The van der Waals surface area contributed by atoms with Gasteiger partial charge >= 0.3 is 5.97 Å². The minimum atomic E-state index is -0.305. The molecule has 0 amide bonds. The molecule has 2 aromatic carbocycles. The van der Waals surface area contributed by atoms with Gasteiger partial charge in [0.15, 0.2) is 0 Å². The molecule has 6 rings (SSSR count). The number of fused-ring (bicyclic) bond motifs is 1. The Balaban J connectivity index is 1.31. The van der Waals surface area contributed by atoms with Crippen LogP contribution in [0.5, 0.6) is 5.75 Å². The summed E-state index contributed by atoms with van der Waals surface area (Å²) in [6.45, 7) is 3.42. The molecule has 6 heteroatoms. The highest BCUT2D eigenvalue weighted by Gasteiger charge is 2.34. The van der Waals surface area contributed by atoms with Gasteiger partial charge in [-0.2, -0.15) is 0 Å². The van der Waals surface area contributed by atoms with Crippen molar-refractivity contribution in [1.82, 2.24) is 14.5 Å². The lowest BCUT2D eigenvalue weighted by atomic mass is 9.95. The molecule has 2 aromatic heterocycles. The Morgan fingerprint density at radius 3 is 2.46 bits per heavy atom. The molecule has 1 fully saturated rings. The van der Waals surface area contributed by atoms with Crippen LogP contribution in [0.25, 0.3) is 28.1 Å². The van der Waals surface area contributed by atoms with Gasteiger partial charge in [0.1, 0.15) is 11.6 Å². The van der Waals surface area contributed by atoms with Crippen molar-refractivity contribution in [3.05, 3.63) is 103 Å². The zero-order valence-electron chi connectivity index (χ0n) is 20.7. The highest BCUT2D eigenvalue weighted by Crippen LogP contribution is 2.40. The molecule has 2 aliphatic heterocycles. The lowest BCUT2D eigenvalue weighted by Crippen LogP contribution is -2.33. The minimum Gasteiger partial charge on any atom is -0.427 e. The summed E-state index contributed by atoms with van der Waals surface area (Å²) in [6.07, 6.45) is 10.1. The molecule has 5 nitrogen and oxygen atoms in total. The highest BCUT2D eigenvalue weighted by molar-refractivity contribution is 5.84. The van der Waals surface area contributed by atoms with E-state index in [0.717, 1.165) is 48.3 Å². The fraction of sp³-hybridized carbons (Fsp3) is 0.226. The largest absolute Gasteiger partial charge is 0.427 e. The van der Waals surface area contributed by atoms with Crippen molar-refractivity contribution in [3.63, 3.8) is 0 Å². The standard InChI is InChI=1S/C31H28FN3O2/c1-21(36)37-29-8-4-22(5-9-29)25-18-28-19-27(12-16-34(28)20-25)35-17-13-30(23-10-14-33-15-11-23)31(35)24-2-6-26(32)7-3-24/h2-11,13-15,17,19,25,28H,12,16,18,20H2,1H3. The summed E-state index contributed by atoms with van der Waals surface area (Å²) < 4.78 is 21.2. The van der Waals surface area contributed by atoms with Crippen LogP contribution < -0.4 is 4.74 Å². The Labute approximate surface area is 215 Å². The van der Waals surface area contributed by atoms with E-state index in [-0.39, 0.29) is 11.8 Å². The Bertz CT molecular complexity index is 1440. The Kier molecular flexibility index (Phi) is 6.18. The number of hydrogen-bond acceptors (Lipinski definition) is 4. The van der Waals surface area contributed by atoms with Crippen molar-refractivity contribution in [2.45, 2.75) is 31.7 Å². The number of carbonyl (C=O) groups is 1. The van der Waals surface area contributed by atoms with Gasteiger partial charge in [-0.1, -0.05) is 12.1 Å². The van der Waals surface area contributed by atoms with Gasteiger partial charge in [0.2, 0.25) is 0 Å². The van der Waals surface area contributed by atoms with Crippen molar-refractivity contribution in [1.29, 1.82) is 0 Å². The quantitative estimate of drug-likeness (QED) is 0.239. The smallest absolute Gasteiger partial charge is 0.308 e. The fourth-order valence-corrected chi connectivity index (χ4v) is 5.68. The summed E-state index contributed by atoms with van der Waals surface area (Å²) in [5, 5.41) is 0. The second-order valence-electron chi connectivity index (χ2n) is 9.76. The molecule has 1 saturated heterocycles. The van der Waals surface area contributed by atoms with Crippen LogP contribution in [-0.2, 0) is 4.79 Å². The van der Waals surface area contributed by atoms with E-state index in [1.807, 2.05) is 36.4 Å². The summed E-state index contributed by atoms with van der Waals surface area (Å²) in [7, 11) is 0. The summed E-state index contributed by atoms with van der Waals surface area (Å²) in [6, 6.07) is 21.2. The van der Waals surface area contributed by atoms with Crippen LogP contribution in [0.3, 0.4) is 0 Å². The number of benzene rings is 2. The topological polar surface area (TPSA) is 47.4 Å².